The molecule has 400 valence electrons. The summed E-state index contributed by atoms with van der Waals surface area (Å²) >= 11 is 0. The van der Waals surface area contributed by atoms with E-state index in [1.165, 1.54) is 27.7 Å². The first-order chi connectivity index (χ1) is 34.5. The maximum Gasteiger partial charge on any atom is 0.326 e. The Morgan fingerprint density at radius 3 is 1.63 bits per heavy atom. The molecule has 0 aliphatic heterocycles. The molecule has 1 aromatic heterocycles. The second-order valence-electron chi connectivity index (χ2n) is 18.3. The van der Waals surface area contributed by atoms with Gasteiger partial charge in [-0.25, -0.2) is 4.79 Å². The highest BCUT2D eigenvalue weighted by molar-refractivity contribution is 5.98. The maximum absolute atomic E-state index is 14.1. The van der Waals surface area contributed by atoms with E-state index in [1.807, 2.05) is 18.2 Å². The first-order valence-electron chi connectivity index (χ1n) is 24.3. The van der Waals surface area contributed by atoms with Crippen molar-refractivity contribution >= 4 is 70.1 Å². The van der Waals surface area contributed by atoms with E-state index in [0.29, 0.717) is 24.9 Å². The number of carbonyl (C=O) groups is 9. The number of aliphatic imine (C=N–C) groups is 1. The molecule has 1 heterocycles. The molecule has 18 N–H and O–H groups in total. The Morgan fingerprint density at radius 2 is 1.05 bits per heavy atom. The van der Waals surface area contributed by atoms with Gasteiger partial charge in [0.25, 0.3) is 0 Å². The number of benzene rings is 2. The van der Waals surface area contributed by atoms with Crippen LogP contribution in [0.5, 0.6) is 0 Å². The lowest BCUT2D eigenvalue weighted by molar-refractivity contribution is -0.142. The van der Waals surface area contributed by atoms with Gasteiger partial charge in [-0.15, -0.1) is 0 Å². The Labute approximate surface area is 424 Å². The van der Waals surface area contributed by atoms with E-state index >= 15 is 0 Å². The Kier molecular flexibility index (Phi) is 24.3. The number of hydrogen-bond acceptors (Lipinski definition) is 12. The Bertz CT molecular complexity index is 2390. The summed E-state index contributed by atoms with van der Waals surface area (Å²) in [6.45, 7) is 9.33. The number of H-pyrrole nitrogens is 1. The van der Waals surface area contributed by atoms with Gasteiger partial charge in [-0.05, 0) is 89.5 Å². The summed E-state index contributed by atoms with van der Waals surface area (Å²) in [4.78, 5) is 127. The van der Waals surface area contributed by atoms with Crippen LogP contribution >= 0.6 is 0 Å². The van der Waals surface area contributed by atoms with Gasteiger partial charge in [0, 0.05) is 36.5 Å². The normalized spacial score (nSPS) is 14.8. The summed E-state index contributed by atoms with van der Waals surface area (Å²) in [5, 5.41) is 31.2. The second-order valence-corrected chi connectivity index (χ2v) is 18.3. The summed E-state index contributed by atoms with van der Waals surface area (Å²) < 4.78 is 0. The fourth-order valence-corrected chi connectivity index (χ4v) is 7.42. The molecule has 73 heavy (non-hydrogen) atoms. The van der Waals surface area contributed by atoms with Crippen molar-refractivity contribution in [1.29, 1.82) is 0 Å². The lowest BCUT2D eigenvalue weighted by Gasteiger charge is -2.27. The van der Waals surface area contributed by atoms with Gasteiger partial charge in [0.1, 0.15) is 48.3 Å². The number of rotatable bonds is 30. The fraction of sp³-hybridized carbons (Fsp3) is 0.510. The van der Waals surface area contributed by atoms with Gasteiger partial charge in [-0.2, -0.15) is 0 Å². The SMILES string of the molecule is CC(C)[C@H](NC(=O)[C@H](C)NC(=O)[C@H](Cc1c[nH]c2ccccc12)NC(=O)[C@H](C)NC(=O)[C@H](CCCCN)NC(=O)[C@H](Cc1ccccc1)NC(=O)[C@H](C)N)C(=O)N[C@@H](C)C(=O)N[C@@H](CCCN=C(N)N)C(=O)O. The summed E-state index contributed by atoms with van der Waals surface area (Å²) in [5.74, 6) is -7.85. The van der Waals surface area contributed by atoms with Gasteiger partial charge < -0.3 is 75.6 Å². The minimum atomic E-state index is -1.32. The lowest BCUT2D eigenvalue weighted by Crippen LogP contribution is -2.60. The third-order valence-corrected chi connectivity index (χ3v) is 11.7. The van der Waals surface area contributed by atoms with E-state index in [1.54, 1.807) is 56.4 Å². The minimum Gasteiger partial charge on any atom is -0.480 e. The molecule has 0 bridgehead atoms. The first kappa shape index (κ1) is 59.7. The third-order valence-electron chi connectivity index (χ3n) is 11.7. The molecule has 3 aromatic rings. The molecule has 24 heteroatoms. The van der Waals surface area contributed by atoms with Gasteiger partial charge >= 0.3 is 5.97 Å². The Morgan fingerprint density at radius 1 is 0.562 bits per heavy atom. The first-order valence-corrected chi connectivity index (χ1v) is 24.3. The third kappa shape index (κ3) is 19.8. The molecule has 3 rings (SSSR count). The van der Waals surface area contributed by atoms with Crippen LogP contribution in [0.1, 0.15) is 84.8 Å². The number of aromatic nitrogens is 1. The Hall–Kier alpha value is -7.60. The van der Waals surface area contributed by atoms with Gasteiger partial charge in [0.05, 0.1) is 6.04 Å². The molecule has 0 radical (unpaired) electrons. The van der Waals surface area contributed by atoms with Crippen LogP contribution in [0.15, 0.2) is 65.8 Å². The van der Waals surface area contributed by atoms with E-state index in [-0.39, 0.29) is 44.6 Å². The molecule has 9 atom stereocenters. The van der Waals surface area contributed by atoms with Crippen molar-refractivity contribution in [3.05, 3.63) is 71.9 Å². The number of guanidine groups is 1. The number of nitrogens with two attached hydrogens (primary N) is 4. The van der Waals surface area contributed by atoms with Crippen molar-refractivity contribution in [2.24, 2.45) is 33.8 Å². The summed E-state index contributed by atoms with van der Waals surface area (Å²) in [6.07, 6.45) is 3.05. The number of carboxylic acids is 1. The van der Waals surface area contributed by atoms with E-state index in [4.69, 9.17) is 22.9 Å². The zero-order valence-electron chi connectivity index (χ0n) is 42.3. The molecule has 24 nitrogen and oxygen atoms in total. The molecular weight excluding hydrogens is 945 g/mol. The van der Waals surface area contributed by atoms with Gasteiger partial charge in [-0.3, -0.25) is 43.3 Å². The number of amides is 8. The van der Waals surface area contributed by atoms with E-state index in [9.17, 15) is 48.3 Å². The number of aromatic amines is 1. The average Bonchev–Trinajstić information content (AvgIpc) is 3.75. The number of carboxylic acid groups (broad SMARTS) is 1. The Balaban J connectivity index is 1.76. The predicted octanol–water partition coefficient (Wildman–Crippen LogP) is -1.84. The molecule has 0 fully saturated rings. The smallest absolute Gasteiger partial charge is 0.326 e. The van der Waals surface area contributed by atoms with Crippen molar-refractivity contribution in [1.82, 2.24) is 47.5 Å². The quantitative estimate of drug-likeness (QED) is 0.0198. The number of carbonyl (C=O) groups excluding carboxylic acids is 8. The standard InChI is InChI=1S/C49H74N14O10/c1-26(2)39(47(71)58-29(5)41(65)60-36(48(72)73)20-14-22-54-49(52)53)63-43(67)30(6)57-45(69)38(24-32-25-55-34-18-11-10-17-33(32)34)62-42(66)28(4)56-44(68)35(19-12-13-21-50)59-46(70)37(61-40(64)27(3)51)23-31-15-8-7-9-16-31/h7-11,15-18,25-30,35-39,55H,12-14,19-24,50-51H2,1-6H3,(H,56,68)(H,57,69)(H,58,71)(H,59,70)(H,60,65)(H,61,64)(H,62,66)(H,63,67)(H,72,73)(H4,52,53,54)/t27-,28-,29-,30-,35-,36-,37-,38-,39-/m0/s1. The maximum atomic E-state index is 14.1. The number of unbranched alkanes of at least 4 members (excludes halogenated alkanes) is 1. The van der Waals surface area contributed by atoms with E-state index in [2.05, 4.69) is 52.5 Å². The molecular formula is C49H74N14O10. The van der Waals surface area contributed by atoms with Crippen molar-refractivity contribution in [2.45, 2.75) is 141 Å². The van der Waals surface area contributed by atoms with Crippen molar-refractivity contribution in [3.8, 4) is 0 Å². The number of fused-ring (bicyclic) bond motifs is 1. The number of nitrogens with one attached hydrogen (secondary N) is 9. The van der Waals surface area contributed by atoms with Crippen LogP contribution in [0.4, 0.5) is 0 Å². The molecule has 0 saturated carbocycles. The molecule has 0 unspecified atom stereocenters. The number of hydrogen-bond donors (Lipinski definition) is 14. The second kappa shape index (κ2) is 29.7. The van der Waals surface area contributed by atoms with Gasteiger partial charge in [0.15, 0.2) is 5.96 Å². The lowest BCUT2D eigenvalue weighted by atomic mass is 10.0. The minimum absolute atomic E-state index is 0.00238. The van der Waals surface area contributed by atoms with Gasteiger partial charge in [-0.1, -0.05) is 62.4 Å². The van der Waals surface area contributed by atoms with Crippen molar-refractivity contribution in [3.63, 3.8) is 0 Å². The zero-order chi connectivity index (χ0) is 54.4. The predicted molar refractivity (Wildman–Crippen MR) is 274 cm³/mol. The highest BCUT2D eigenvalue weighted by atomic mass is 16.4. The summed E-state index contributed by atoms with van der Waals surface area (Å²) in [7, 11) is 0. The van der Waals surface area contributed by atoms with Crippen LogP contribution in [0, 0.1) is 5.92 Å². The van der Waals surface area contributed by atoms with Crippen molar-refractivity contribution in [2.75, 3.05) is 13.1 Å². The highest BCUT2D eigenvalue weighted by Crippen LogP contribution is 2.19. The van der Waals surface area contributed by atoms with E-state index < -0.39 is 114 Å². The van der Waals surface area contributed by atoms with Crippen LogP contribution in [0.25, 0.3) is 10.9 Å². The number of nitrogens with zero attached hydrogens (tertiary/aromatic N) is 1. The van der Waals surface area contributed by atoms with E-state index in [0.717, 1.165) is 16.5 Å². The topological polar surface area (TPSA) is 402 Å². The van der Waals surface area contributed by atoms with Crippen LogP contribution in [-0.2, 0) is 56.0 Å². The zero-order valence-corrected chi connectivity index (χ0v) is 42.3. The summed E-state index contributed by atoms with van der Waals surface area (Å²) in [6, 6.07) is 5.44. The number of para-hydroxylation sites is 1. The molecule has 0 spiro atoms. The number of aliphatic carboxylic acids is 1. The van der Waals surface area contributed by atoms with Gasteiger partial charge in [0.2, 0.25) is 47.3 Å². The largest absolute Gasteiger partial charge is 0.480 e. The molecule has 2 aromatic carbocycles. The molecule has 0 aliphatic rings. The van der Waals surface area contributed by atoms with Crippen LogP contribution in [-0.4, -0.2) is 137 Å². The fourth-order valence-electron chi connectivity index (χ4n) is 7.42. The molecule has 8 amide bonds. The van der Waals surface area contributed by atoms with Crippen LogP contribution < -0.4 is 65.5 Å². The van der Waals surface area contributed by atoms with Crippen LogP contribution in [0.3, 0.4) is 0 Å². The monoisotopic (exact) mass is 1020 g/mol. The summed E-state index contributed by atoms with van der Waals surface area (Å²) in [5.41, 5.74) is 24.3. The van der Waals surface area contributed by atoms with Crippen molar-refractivity contribution < 1.29 is 48.3 Å². The average molecular weight is 1020 g/mol. The van der Waals surface area contributed by atoms with Crippen LogP contribution in [0.2, 0.25) is 0 Å². The molecule has 0 aliphatic carbocycles. The highest BCUT2D eigenvalue weighted by Gasteiger charge is 2.34. The molecule has 0 saturated heterocycles.